The number of nitrogens with zero attached hydrogens (tertiary/aromatic N) is 3. The van der Waals surface area contributed by atoms with Crippen LogP contribution < -0.4 is 5.73 Å². The van der Waals surface area contributed by atoms with Crippen LogP contribution in [0.3, 0.4) is 0 Å². The topological polar surface area (TPSA) is 45.4 Å². The number of nitrogen functional groups attached to an aromatic ring is 1. The summed E-state index contributed by atoms with van der Waals surface area (Å²) in [7, 11) is 4.31. The average molecular weight is 270 g/mol. The molecule has 0 spiro atoms. The summed E-state index contributed by atoms with van der Waals surface area (Å²) in [6, 6.07) is 10.7. The summed E-state index contributed by atoms with van der Waals surface area (Å²) in [5.74, 6) is 0. The summed E-state index contributed by atoms with van der Waals surface area (Å²) in [6.45, 7) is 3.14. The number of hydrogen-bond acceptors (Lipinski definition) is 4. The van der Waals surface area contributed by atoms with Crippen LogP contribution in [0, 0.1) is 0 Å². The van der Waals surface area contributed by atoms with Crippen molar-refractivity contribution in [3.05, 3.63) is 36.0 Å². The van der Waals surface area contributed by atoms with Gasteiger partial charge in [-0.15, -0.1) is 0 Å². The predicted molar refractivity (Wildman–Crippen MR) is 83.5 cm³/mol. The van der Waals surface area contributed by atoms with Crippen molar-refractivity contribution in [2.24, 2.45) is 0 Å². The van der Waals surface area contributed by atoms with Crippen molar-refractivity contribution in [1.29, 1.82) is 0 Å². The van der Waals surface area contributed by atoms with Gasteiger partial charge in [-0.1, -0.05) is 18.2 Å². The number of benzene rings is 1. The third-order valence-electron chi connectivity index (χ3n) is 4.16. The van der Waals surface area contributed by atoms with Gasteiger partial charge in [0.05, 0.1) is 11.2 Å². The second-order valence-electron chi connectivity index (χ2n) is 5.86. The summed E-state index contributed by atoms with van der Waals surface area (Å²) in [4.78, 5) is 9.50. The van der Waals surface area contributed by atoms with Gasteiger partial charge in [0.25, 0.3) is 0 Å². The summed E-state index contributed by atoms with van der Waals surface area (Å²) < 4.78 is 0. The largest absolute Gasteiger partial charge is 0.398 e. The molecule has 4 nitrogen and oxygen atoms in total. The Labute approximate surface area is 120 Å². The summed E-state index contributed by atoms with van der Waals surface area (Å²) in [5.41, 5.74) is 9.03. The van der Waals surface area contributed by atoms with E-state index in [1.54, 1.807) is 0 Å². The highest BCUT2D eigenvalue weighted by Crippen LogP contribution is 2.22. The minimum Gasteiger partial charge on any atom is -0.398 e. The Morgan fingerprint density at radius 1 is 1.35 bits per heavy atom. The number of nitrogens with two attached hydrogens (primary N) is 1. The second-order valence-corrected chi connectivity index (χ2v) is 5.86. The normalized spacial score (nSPS) is 20.1. The molecular formula is C16H22N4. The number of likely N-dealkylation sites (tertiary alicyclic amines) is 1. The lowest BCUT2D eigenvalue weighted by Gasteiger charge is -2.20. The van der Waals surface area contributed by atoms with Crippen LogP contribution in [0.2, 0.25) is 0 Å². The van der Waals surface area contributed by atoms with Crippen molar-refractivity contribution in [2.75, 3.05) is 32.9 Å². The van der Waals surface area contributed by atoms with Gasteiger partial charge in [-0.25, -0.2) is 0 Å². The minimum atomic E-state index is 0.660. The fourth-order valence-corrected chi connectivity index (χ4v) is 2.95. The van der Waals surface area contributed by atoms with E-state index in [0.717, 1.165) is 41.9 Å². The first-order valence-corrected chi connectivity index (χ1v) is 7.16. The van der Waals surface area contributed by atoms with Gasteiger partial charge in [-0.3, -0.25) is 9.88 Å². The first-order valence-electron chi connectivity index (χ1n) is 7.16. The van der Waals surface area contributed by atoms with E-state index >= 15 is 0 Å². The quantitative estimate of drug-likeness (QED) is 0.926. The molecule has 0 radical (unpaired) electrons. The highest BCUT2D eigenvalue weighted by Gasteiger charge is 2.24. The molecule has 2 N–H and O–H groups in total. The Balaban J connectivity index is 1.78. The van der Waals surface area contributed by atoms with Crippen molar-refractivity contribution in [1.82, 2.24) is 14.8 Å². The van der Waals surface area contributed by atoms with E-state index in [1.807, 2.05) is 30.3 Å². The summed E-state index contributed by atoms with van der Waals surface area (Å²) >= 11 is 0. The fourth-order valence-electron chi connectivity index (χ4n) is 2.95. The molecule has 0 aliphatic carbocycles. The molecule has 20 heavy (non-hydrogen) atoms. The SMILES string of the molecule is CN(C)C1CCN(Cc2cc(N)c3ccccc3n2)C1. The molecule has 1 atom stereocenters. The van der Waals surface area contributed by atoms with Gasteiger partial charge in [-0.2, -0.15) is 0 Å². The van der Waals surface area contributed by atoms with Crippen LogP contribution in [0.1, 0.15) is 12.1 Å². The molecule has 0 amide bonds. The van der Waals surface area contributed by atoms with Gasteiger partial charge >= 0.3 is 0 Å². The monoisotopic (exact) mass is 270 g/mol. The molecule has 1 aromatic carbocycles. The third kappa shape index (κ3) is 2.62. The second kappa shape index (κ2) is 5.38. The highest BCUT2D eigenvalue weighted by atomic mass is 15.2. The smallest absolute Gasteiger partial charge is 0.0726 e. The zero-order chi connectivity index (χ0) is 14.1. The van der Waals surface area contributed by atoms with Crippen LogP contribution >= 0.6 is 0 Å². The molecule has 1 fully saturated rings. The number of likely N-dealkylation sites (N-methyl/N-ethyl adjacent to an activating group) is 1. The van der Waals surface area contributed by atoms with Gasteiger partial charge < -0.3 is 10.6 Å². The van der Waals surface area contributed by atoms with E-state index in [-0.39, 0.29) is 0 Å². The fraction of sp³-hybridized carbons (Fsp3) is 0.438. The number of aromatic nitrogens is 1. The van der Waals surface area contributed by atoms with Crippen molar-refractivity contribution >= 4 is 16.6 Å². The van der Waals surface area contributed by atoms with Crippen LogP contribution in [0.25, 0.3) is 10.9 Å². The molecule has 2 aromatic rings. The Kier molecular flexibility index (Phi) is 3.59. The number of pyridine rings is 1. The molecule has 4 heteroatoms. The van der Waals surface area contributed by atoms with Gasteiger partial charge in [0.15, 0.2) is 0 Å². The first-order chi connectivity index (χ1) is 9.63. The van der Waals surface area contributed by atoms with E-state index in [2.05, 4.69) is 23.9 Å². The summed E-state index contributed by atoms with van der Waals surface area (Å²) in [5, 5.41) is 1.05. The standard InChI is InChI=1S/C16H22N4/c1-19(2)13-7-8-20(11-13)10-12-9-15(17)14-5-3-4-6-16(14)18-12/h3-6,9,13H,7-8,10-11H2,1-2H3,(H2,17,18). The van der Waals surface area contributed by atoms with Crippen molar-refractivity contribution in [2.45, 2.75) is 19.0 Å². The molecule has 0 saturated carbocycles. The van der Waals surface area contributed by atoms with Gasteiger partial charge in [0.1, 0.15) is 0 Å². The maximum Gasteiger partial charge on any atom is 0.0726 e. The number of fused-ring (bicyclic) bond motifs is 1. The molecule has 1 aromatic heterocycles. The molecule has 3 rings (SSSR count). The van der Waals surface area contributed by atoms with Crippen molar-refractivity contribution in [3.8, 4) is 0 Å². The molecular weight excluding hydrogens is 248 g/mol. The van der Waals surface area contributed by atoms with E-state index < -0.39 is 0 Å². The summed E-state index contributed by atoms with van der Waals surface area (Å²) in [6.07, 6.45) is 1.23. The maximum absolute atomic E-state index is 6.14. The number of para-hydroxylation sites is 1. The Bertz CT molecular complexity index is 608. The molecule has 1 aliphatic rings. The van der Waals surface area contributed by atoms with Crippen LogP contribution in [0.5, 0.6) is 0 Å². The zero-order valence-electron chi connectivity index (χ0n) is 12.2. The van der Waals surface area contributed by atoms with Gasteiger partial charge in [0.2, 0.25) is 0 Å². The Morgan fingerprint density at radius 3 is 2.90 bits per heavy atom. The predicted octanol–water partition coefficient (Wildman–Crippen LogP) is 1.95. The number of hydrogen-bond donors (Lipinski definition) is 1. The highest BCUT2D eigenvalue weighted by molar-refractivity contribution is 5.90. The van der Waals surface area contributed by atoms with E-state index in [0.29, 0.717) is 6.04 Å². The lowest BCUT2D eigenvalue weighted by Crippen LogP contribution is -2.31. The number of rotatable bonds is 3. The first kappa shape index (κ1) is 13.3. The Hall–Kier alpha value is -1.65. The lowest BCUT2D eigenvalue weighted by molar-refractivity contribution is 0.263. The molecule has 1 aliphatic heterocycles. The average Bonchev–Trinajstić information content (AvgIpc) is 2.87. The van der Waals surface area contributed by atoms with E-state index in [1.165, 1.54) is 6.42 Å². The molecule has 1 unspecified atom stereocenters. The maximum atomic E-state index is 6.14. The Morgan fingerprint density at radius 2 is 2.15 bits per heavy atom. The third-order valence-corrected chi connectivity index (χ3v) is 4.16. The molecule has 0 bridgehead atoms. The van der Waals surface area contributed by atoms with Crippen molar-refractivity contribution < 1.29 is 0 Å². The molecule has 106 valence electrons. The zero-order valence-corrected chi connectivity index (χ0v) is 12.2. The van der Waals surface area contributed by atoms with Crippen LogP contribution in [0.4, 0.5) is 5.69 Å². The van der Waals surface area contributed by atoms with Crippen molar-refractivity contribution in [3.63, 3.8) is 0 Å². The number of anilines is 1. The van der Waals surface area contributed by atoms with E-state index in [4.69, 9.17) is 10.7 Å². The van der Waals surface area contributed by atoms with Crippen LogP contribution in [-0.2, 0) is 6.54 Å². The van der Waals surface area contributed by atoms with Crippen LogP contribution in [0.15, 0.2) is 30.3 Å². The lowest BCUT2D eigenvalue weighted by atomic mass is 10.1. The van der Waals surface area contributed by atoms with Gasteiger partial charge in [0, 0.05) is 36.7 Å². The molecule has 2 heterocycles. The minimum absolute atomic E-state index is 0.660. The van der Waals surface area contributed by atoms with E-state index in [9.17, 15) is 0 Å². The molecule has 1 saturated heterocycles. The van der Waals surface area contributed by atoms with Crippen LogP contribution in [-0.4, -0.2) is 48.0 Å². The van der Waals surface area contributed by atoms with Gasteiger partial charge in [-0.05, 0) is 32.6 Å².